The van der Waals surface area contributed by atoms with Crippen LogP contribution in [0.2, 0.25) is 0 Å². The maximum atomic E-state index is 11.7. The van der Waals surface area contributed by atoms with Crippen molar-refractivity contribution < 1.29 is 18.3 Å². The van der Waals surface area contributed by atoms with Gasteiger partial charge in [0.05, 0.1) is 18.6 Å². The van der Waals surface area contributed by atoms with E-state index in [0.717, 1.165) is 0 Å². The number of methoxy groups -OCH3 is 1. The van der Waals surface area contributed by atoms with Crippen molar-refractivity contribution in [1.29, 1.82) is 0 Å². The van der Waals surface area contributed by atoms with Crippen LogP contribution < -0.4 is 9.46 Å². The maximum absolute atomic E-state index is 11.7. The van der Waals surface area contributed by atoms with Crippen molar-refractivity contribution in [2.75, 3.05) is 17.6 Å². The second kappa shape index (κ2) is 5.27. The van der Waals surface area contributed by atoms with Gasteiger partial charge in [0.2, 0.25) is 10.0 Å². The molecule has 1 rings (SSSR count). The van der Waals surface area contributed by atoms with Gasteiger partial charge in [-0.15, -0.1) is 0 Å². The molecule has 0 spiro atoms. The highest BCUT2D eigenvalue weighted by atomic mass is 32.2. The first-order valence-corrected chi connectivity index (χ1v) is 6.87. The minimum absolute atomic E-state index is 0.00362. The molecule has 0 fully saturated rings. The number of hydrogen-bond donors (Lipinski definition) is 2. The van der Waals surface area contributed by atoms with Crippen molar-refractivity contribution in [2.24, 2.45) is 5.92 Å². The van der Waals surface area contributed by atoms with E-state index >= 15 is 0 Å². The first-order chi connectivity index (χ1) is 7.84. The van der Waals surface area contributed by atoms with Crippen LogP contribution in [0.25, 0.3) is 0 Å². The number of benzene rings is 1. The fourth-order valence-electron chi connectivity index (χ4n) is 1.37. The van der Waals surface area contributed by atoms with E-state index in [-0.39, 0.29) is 23.1 Å². The van der Waals surface area contributed by atoms with Crippen LogP contribution in [-0.2, 0) is 10.0 Å². The molecule has 0 amide bonds. The zero-order valence-corrected chi connectivity index (χ0v) is 10.9. The van der Waals surface area contributed by atoms with Crippen molar-refractivity contribution in [3.8, 4) is 11.5 Å². The van der Waals surface area contributed by atoms with Crippen LogP contribution in [0.3, 0.4) is 0 Å². The molecule has 0 aliphatic heterocycles. The van der Waals surface area contributed by atoms with E-state index in [2.05, 4.69) is 4.72 Å². The van der Waals surface area contributed by atoms with E-state index in [1.807, 2.05) is 13.8 Å². The minimum atomic E-state index is -3.45. The number of anilines is 1. The summed E-state index contributed by atoms with van der Waals surface area (Å²) in [5.41, 5.74) is 0.130. The Balaban J connectivity index is 2.94. The molecule has 0 aliphatic carbocycles. The monoisotopic (exact) mass is 259 g/mol. The van der Waals surface area contributed by atoms with Gasteiger partial charge in [-0.2, -0.15) is 0 Å². The van der Waals surface area contributed by atoms with Crippen LogP contribution in [-0.4, -0.2) is 26.4 Å². The van der Waals surface area contributed by atoms with E-state index in [1.54, 1.807) is 6.07 Å². The van der Waals surface area contributed by atoms with Gasteiger partial charge in [-0.25, -0.2) is 8.42 Å². The van der Waals surface area contributed by atoms with Gasteiger partial charge >= 0.3 is 0 Å². The minimum Gasteiger partial charge on any atom is -0.506 e. The Labute approximate surface area is 101 Å². The highest BCUT2D eigenvalue weighted by Gasteiger charge is 2.15. The predicted molar refractivity (Wildman–Crippen MR) is 66.9 cm³/mol. The quantitative estimate of drug-likeness (QED) is 0.791. The number of ether oxygens (including phenoxy) is 1. The van der Waals surface area contributed by atoms with Gasteiger partial charge in [0, 0.05) is 6.07 Å². The van der Waals surface area contributed by atoms with E-state index in [1.165, 1.54) is 19.2 Å². The molecule has 0 atom stereocenters. The summed E-state index contributed by atoms with van der Waals surface area (Å²) in [5.74, 6) is 0.368. The predicted octanol–water partition coefficient (Wildman–Crippen LogP) is 1.80. The molecular weight excluding hydrogens is 242 g/mol. The van der Waals surface area contributed by atoms with E-state index in [9.17, 15) is 13.5 Å². The summed E-state index contributed by atoms with van der Waals surface area (Å²) in [6.45, 7) is 3.62. The number of hydrogen-bond acceptors (Lipinski definition) is 4. The largest absolute Gasteiger partial charge is 0.506 e. The second-order valence-corrected chi connectivity index (χ2v) is 5.93. The van der Waals surface area contributed by atoms with Crippen molar-refractivity contribution in [2.45, 2.75) is 13.8 Å². The van der Waals surface area contributed by atoms with E-state index in [4.69, 9.17) is 4.74 Å². The van der Waals surface area contributed by atoms with Crippen molar-refractivity contribution in [3.63, 3.8) is 0 Å². The molecule has 0 radical (unpaired) electrons. The average Bonchev–Trinajstić information content (AvgIpc) is 2.19. The Bertz CT molecular complexity index is 482. The van der Waals surface area contributed by atoms with Gasteiger partial charge in [0.15, 0.2) is 0 Å². The number of phenolic OH excluding ortho intramolecular Hbond substituents is 1. The van der Waals surface area contributed by atoms with Gasteiger partial charge in [-0.1, -0.05) is 13.8 Å². The zero-order valence-electron chi connectivity index (χ0n) is 10.1. The molecule has 17 heavy (non-hydrogen) atoms. The standard InChI is InChI=1S/C11H17NO4S/c1-8(2)7-17(14,15)12-10-6-9(16-3)4-5-11(10)13/h4-6,8,12-13H,7H2,1-3H3. The molecule has 0 aliphatic rings. The smallest absolute Gasteiger partial charge is 0.233 e. The van der Waals surface area contributed by atoms with E-state index in [0.29, 0.717) is 5.75 Å². The number of phenols is 1. The zero-order chi connectivity index (χ0) is 13.1. The van der Waals surface area contributed by atoms with Crippen molar-refractivity contribution >= 4 is 15.7 Å². The average molecular weight is 259 g/mol. The summed E-state index contributed by atoms with van der Waals surface area (Å²) in [5, 5.41) is 9.55. The lowest BCUT2D eigenvalue weighted by molar-refractivity contribution is 0.413. The van der Waals surface area contributed by atoms with Gasteiger partial charge in [0.25, 0.3) is 0 Å². The van der Waals surface area contributed by atoms with Crippen molar-refractivity contribution in [3.05, 3.63) is 18.2 Å². The topological polar surface area (TPSA) is 75.6 Å². The third-order valence-corrected chi connectivity index (χ3v) is 3.66. The van der Waals surface area contributed by atoms with Crippen LogP contribution in [0.15, 0.2) is 18.2 Å². The number of nitrogens with one attached hydrogen (secondary N) is 1. The lowest BCUT2D eigenvalue weighted by Gasteiger charge is -2.12. The fraction of sp³-hybridized carbons (Fsp3) is 0.455. The lowest BCUT2D eigenvalue weighted by Crippen LogP contribution is -2.20. The molecule has 0 aromatic heterocycles. The van der Waals surface area contributed by atoms with Crippen LogP contribution in [0.1, 0.15) is 13.8 Å². The van der Waals surface area contributed by atoms with Crippen LogP contribution >= 0.6 is 0 Å². The number of rotatable bonds is 5. The Morgan fingerprint density at radius 1 is 1.41 bits per heavy atom. The Kier molecular flexibility index (Phi) is 4.22. The van der Waals surface area contributed by atoms with Gasteiger partial charge in [-0.3, -0.25) is 4.72 Å². The third-order valence-electron chi connectivity index (χ3n) is 2.02. The van der Waals surface area contributed by atoms with Gasteiger partial charge in [0.1, 0.15) is 11.5 Å². The highest BCUT2D eigenvalue weighted by Crippen LogP contribution is 2.28. The lowest BCUT2D eigenvalue weighted by atomic mass is 10.3. The molecule has 2 N–H and O–H groups in total. The molecule has 0 bridgehead atoms. The number of aromatic hydroxyl groups is 1. The summed E-state index contributed by atoms with van der Waals surface area (Å²) in [6.07, 6.45) is 0. The van der Waals surface area contributed by atoms with Gasteiger partial charge in [-0.05, 0) is 18.1 Å². The Morgan fingerprint density at radius 3 is 2.59 bits per heavy atom. The second-order valence-electron chi connectivity index (χ2n) is 4.16. The Hall–Kier alpha value is -1.43. The maximum Gasteiger partial charge on any atom is 0.233 e. The molecule has 96 valence electrons. The summed E-state index contributed by atoms with van der Waals surface area (Å²) in [7, 11) is -1.98. The molecule has 0 saturated carbocycles. The molecule has 6 heteroatoms. The highest BCUT2D eigenvalue weighted by molar-refractivity contribution is 7.92. The van der Waals surface area contributed by atoms with Crippen LogP contribution in [0.4, 0.5) is 5.69 Å². The molecule has 1 aromatic rings. The summed E-state index contributed by atoms with van der Waals surface area (Å²) in [6, 6.07) is 4.37. The summed E-state index contributed by atoms with van der Waals surface area (Å²) in [4.78, 5) is 0. The van der Waals surface area contributed by atoms with Crippen molar-refractivity contribution in [1.82, 2.24) is 0 Å². The molecular formula is C11H17NO4S. The normalized spacial score (nSPS) is 11.5. The van der Waals surface area contributed by atoms with Crippen LogP contribution in [0, 0.1) is 5.92 Å². The Morgan fingerprint density at radius 2 is 2.06 bits per heavy atom. The first-order valence-electron chi connectivity index (χ1n) is 5.21. The third kappa shape index (κ3) is 4.14. The fourth-order valence-corrected chi connectivity index (χ4v) is 2.83. The summed E-state index contributed by atoms with van der Waals surface area (Å²) >= 11 is 0. The summed E-state index contributed by atoms with van der Waals surface area (Å²) < 4.78 is 30.7. The molecule has 0 saturated heterocycles. The molecule has 0 heterocycles. The molecule has 1 aromatic carbocycles. The van der Waals surface area contributed by atoms with E-state index < -0.39 is 10.0 Å². The molecule has 5 nitrogen and oxygen atoms in total. The molecule has 0 unspecified atom stereocenters. The number of sulfonamides is 1. The van der Waals surface area contributed by atoms with Crippen LogP contribution in [0.5, 0.6) is 11.5 Å². The van der Waals surface area contributed by atoms with Gasteiger partial charge < -0.3 is 9.84 Å². The SMILES string of the molecule is COc1ccc(O)c(NS(=O)(=O)CC(C)C)c1. The first kappa shape index (κ1) is 13.6.